The topological polar surface area (TPSA) is 85.4 Å². The molecular formula is C19H21ClN2O6S. The molecule has 0 bridgehead atoms. The largest absolute Gasteiger partial charge is 0.490 e. The number of esters is 1. The number of halogens is 1. The molecule has 0 saturated carbocycles. The summed E-state index contributed by atoms with van der Waals surface area (Å²) in [5.74, 6) is -1.15. The van der Waals surface area contributed by atoms with Crippen LogP contribution in [0.1, 0.15) is 19.4 Å². The molecule has 1 fully saturated rings. The quantitative estimate of drug-likeness (QED) is 0.278. The van der Waals surface area contributed by atoms with E-state index in [1.54, 1.807) is 19.9 Å². The number of nitrogens with zero attached hydrogens (tertiary/aromatic N) is 2. The van der Waals surface area contributed by atoms with Crippen molar-refractivity contribution in [2.45, 2.75) is 13.8 Å². The van der Waals surface area contributed by atoms with Gasteiger partial charge in [-0.3, -0.25) is 19.4 Å². The van der Waals surface area contributed by atoms with Crippen LogP contribution in [0.2, 0.25) is 5.02 Å². The molecule has 0 N–H and O–H groups in total. The number of hydrogen-bond donors (Lipinski definition) is 0. The Hall–Kier alpha value is -2.65. The highest BCUT2D eigenvalue weighted by molar-refractivity contribution is 7.80. The van der Waals surface area contributed by atoms with Crippen molar-refractivity contribution in [1.29, 1.82) is 0 Å². The lowest BCUT2D eigenvalue weighted by Gasteiger charge is -2.31. The van der Waals surface area contributed by atoms with Crippen molar-refractivity contribution in [3.63, 3.8) is 0 Å². The molecule has 0 radical (unpaired) electrons. The summed E-state index contributed by atoms with van der Waals surface area (Å²) in [5, 5.41) is 0.271. The molecule has 29 heavy (non-hydrogen) atoms. The molecule has 0 aromatic heterocycles. The van der Waals surface area contributed by atoms with E-state index >= 15 is 0 Å². The van der Waals surface area contributed by atoms with E-state index < -0.39 is 17.8 Å². The number of likely N-dealkylation sites (N-methyl/N-ethyl adjacent to an activating group) is 2. The lowest BCUT2D eigenvalue weighted by atomic mass is 10.1. The van der Waals surface area contributed by atoms with Gasteiger partial charge in [-0.1, -0.05) is 11.6 Å². The van der Waals surface area contributed by atoms with Gasteiger partial charge in [-0.05, 0) is 49.8 Å². The summed E-state index contributed by atoms with van der Waals surface area (Å²) in [6.45, 7) is 3.67. The van der Waals surface area contributed by atoms with Crippen LogP contribution < -0.4 is 9.47 Å². The fraction of sp³-hybridized carbons (Fsp3) is 0.368. The molecule has 8 nitrogen and oxygen atoms in total. The Labute approximate surface area is 178 Å². The van der Waals surface area contributed by atoms with Gasteiger partial charge in [0.15, 0.2) is 23.2 Å². The molecule has 1 heterocycles. The molecule has 0 atom stereocenters. The van der Waals surface area contributed by atoms with Gasteiger partial charge in [0, 0.05) is 14.1 Å². The molecule has 1 aliphatic rings. The number of hydrogen-bond acceptors (Lipinski definition) is 7. The van der Waals surface area contributed by atoms with E-state index in [2.05, 4.69) is 0 Å². The highest BCUT2D eigenvalue weighted by atomic mass is 35.5. The molecule has 1 aromatic rings. The van der Waals surface area contributed by atoms with Crippen molar-refractivity contribution >= 4 is 52.8 Å². The van der Waals surface area contributed by atoms with E-state index in [4.69, 9.17) is 38.0 Å². The minimum absolute atomic E-state index is 0.0673. The molecule has 10 heteroatoms. The lowest BCUT2D eigenvalue weighted by molar-refractivity contribution is -0.145. The summed E-state index contributed by atoms with van der Waals surface area (Å²) in [6, 6.07) is 3.07. The van der Waals surface area contributed by atoms with Gasteiger partial charge in [0.25, 0.3) is 11.8 Å². The zero-order valence-corrected chi connectivity index (χ0v) is 18.1. The fourth-order valence-electron chi connectivity index (χ4n) is 2.55. The maximum atomic E-state index is 12.5. The molecule has 0 spiro atoms. The summed E-state index contributed by atoms with van der Waals surface area (Å²) in [4.78, 5) is 38.9. The molecule has 1 aromatic carbocycles. The number of carbonyl (C=O) groups excluding carboxylic acids is 3. The zero-order chi connectivity index (χ0) is 21.7. The van der Waals surface area contributed by atoms with Crippen molar-refractivity contribution in [2.75, 3.05) is 33.9 Å². The third kappa shape index (κ3) is 5.04. The SMILES string of the molecule is CCOC(=O)COc1c(Cl)cc(C=C2C(=O)N(C)C(=S)N(C)C2=O)cc1OCC. The molecule has 0 unspecified atom stereocenters. The van der Waals surface area contributed by atoms with Crippen molar-refractivity contribution in [3.05, 3.63) is 28.3 Å². The van der Waals surface area contributed by atoms with E-state index in [-0.39, 0.29) is 40.4 Å². The molecule has 2 amide bonds. The highest BCUT2D eigenvalue weighted by Gasteiger charge is 2.35. The van der Waals surface area contributed by atoms with Crippen molar-refractivity contribution in [1.82, 2.24) is 9.80 Å². The monoisotopic (exact) mass is 440 g/mol. The smallest absolute Gasteiger partial charge is 0.344 e. The van der Waals surface area contributed by atoms with Crippen LogP contribution in [0.25, 0.3) is 6.08 Å². The molecule has 0 aliphatic carbocycles. The summed E-state index contributed by atoms with van der Waals surface area (Å²) < 4.78 is 15.8. The third-order valence-electron chi connectivity index (χ3n) is 3.93. The van der Waals surface area contributed by atoms with Crippen LogP contribution in [0.3, 0.4) is 0 Å². The second-order valence-corrected chi connectivity index (χ2v) is 6.70. The Bertz CT molecular complexity index is 860. The average Bonchev–Trinajstić information content (AvgIpc) is 2.68. The summed E-state index contributed by atoms with van der Waals surface area (Å²) in [6.07, 6.45) is 1.41. The lowest BCUT2D eigenvalue weighted by Crippen LogP contribution is -2.52. The maximum Gasteiger partial charge on any atom is 0.344 e. The predicted molar refractivity (Wildman–Crippen MR) is 111 cm³/mol. The first kappa shape index (κ1) is 22.6. The summed E-state index contributed by atoms with van der Waals surface area (Å²) >= 11 is 11.4. The minimum Gasteiger partial charge on any atom is -0.490 e. The van der Waals surface area contributed by atoms with Gasteiger partial charge in [0.05, 0.1) is 18.2 Å². The molecule has 2 rings (SSSR count). The maximum absolute atomic E-state index is 12.5. The number of carbonyl (C=O) groups is 3. The molecule has 1 saturated heterocycles. The van der Waals surface area contributed by atoms with Crippen LogP contribution in [-0.2, 0) is 19.1 Å². The van der Waals surface area contributed by atoms with E-state index in [1.165, 1.54) is 36.0 Å². The van der Waals surface area contributed by atoms with Gasteiger partial charge >= 0.3 is 5.97 Å². The first-order valence-electron chi connectivity index (χ1n) is 8.77. The average molecular weight is 441 g/mol. The van der Waals surface area contributed by atoms with Gasteiger partial charge < -0.3 is 14.2 Å². The van der Waals surface area contributed by atoms with Crippen LogP contribution in [0, 0.1) is 0 Å². The Balaban J connectivity index is 2.40. The first-order valence-corrected chi connectivity index (χ1v) is 9.56. The van der Waals surface area contributed by atoms with Crippen molar-refractivity contribution in [3.8, 4) is 11.5 Å². The van der Waals surface area contributed by atoms with Crippen molar-refractivity contribution < 1.29 is 28.6 Å². The molecule has 156 valence electrons. The Kier molecular flexibility index (Phi) is 7.58. The number of ether oxygens (including phenoxy) is 3. The predicted octanol–water partition coefficient (Wildman–Crippen LogP) is 2.28. The number of rotatable bonds is 7. The number of benzene rings is 1. The van der Waals surface area contributed by atoms with E-state index in [1.807, 2.05) is 0 Å². The third-order valence-corrected chi connectivity index (χ3v) is 4.75. The second kappa shape index (κ2) is 9.71. The van der Waals surface area contributed by atoms with Crippen molar-refractivity contribution in [2.24, 2.45) is 0 Å². The molecular weight excluding hydrogens is 420 g/mol. The van der Waals surface area contributed by atoms with Crippen LogP contribution in [0.5, 0.6) is 11.5 Å². The van der Waals surface area contributed by atoms with Gasteiger partial charge in [-0.15, -0.1) is 0 Å². The fourth-order valence-corrected chi connectivity index (χ4v) is 2.99. The van der Waals surface area contributed by atoms with E-state index in [9.17, 15) is 14.4 Å². The highest BCUT2D eigenvalue weighted by Crippen LogP contribution is 2.37. The van der Waals surface area contributed by atoms with Crippen LogP contribution in [0.4, 0.5) is 0 Å². The van der Waals surface area contributed by atoms with Gasteiger partial charge in [0.1, 0.15) is 5.57 Å². The van der Waals surface area contributed by atoms with Crippen LogP contribution in [0.15, 0.2) is 17.7 Å². The minimum atomic E-state index is -0.544. The first-order chi connectivity index (χ1) is 13.7. The van der Waals surface area contributed by atoms with Crippen LogP contribution >= 0.6 is 23.8 Å². The van der Waals surface area contributed by atoms with Gasteiger partial charge in [-0.25, -0.2) is 4.79 Å². The summed E-state index contributed by atoms with van der Waals surface area (Å²) in [7, 11) is 2.98. The van der Waals surface area contributed by atoms with E-state index in [0.29, 0.717) is 12.2 Å². The van der Waals surface area contributed by atoms with Gasteiger partial charge in [0.2, 0.25) is 0 Å². The Morgan fingerprint density at radius 2 is 1.72 bits per heavy atom. The van der Waals surface area contributed by atoms with Crippen LogP contribution in [-0.4, -0.2) is 66.6 Å². The van der Waals surface area contributed by atoms with Gasteiger partial charge in [-0.2, -0.15) is 0 Å². The summed E-state index contributed by atoms with van der Waals surface area (Å²) in [5.41, 5.74) is 0.385. The Morgan fingerprint density at radius 3 is 2.28 bits per heavy atom. The molecule has 1 aliphatic heterocycles. The second-order valence-electron chi connectivity index (χ2n) is 5.93. The standard InChI is InChI=1S/C19H21ClN2O6S/c1-5-26-14-9-11(8-13(20)16(14)28-10-15(23)27-6-2)7-12-17(24)21(3)19(29)22(4)18(12)25/h7-9H,5-6,10H2,1-4H3. The Morgan fingerprint density at radius 1 is 1.10 bits per heavy atom. The normalized spacial score (nSPS) is 14.2. The number of thiocarbonyl (C=S) groups is 1. The van der Waals surface area contributed by atoms with E-state index in [0.717, 1.165) is 0 Å². The number of amides is 2. The zero-order valence-electron chi connectivity index (χ0n) is 16.5.